The molecule has 2 aromatic rings. The van der Waals surface area contributed by atoms with E-state index in [0.717, 1.165) is 35.6 Å². The topological polar surface area (TPSA) is 26.3 Å². The molecule has 0 unspecified atom stereocenters. The standard InChI is InChI=1S/C15H16O2/c1-2-3-8-17-15-10-12(11-16)9-13-6-4-5-7-14(13)15/h4-7,9-11H,2-3,8H2,1H3. The van der Waals surface area contributed by atoms with Crippen molar-refractivity contribution in [2.75, 3.05) is 6.61 Å². The molecule has 2 heteroatoms. The quantitative estimate of drug-likeness (QED) is 0.574. The molecule has 17 heavy (non-hydrogen) atoms. The number of carbonyl (C=O) groups is 1. The summed E-state index contributed by atoms with van der Waals surface area (Å²) in [5, 5.41) is 2.11. The average molecular weight is 228 g/mol. The molecule has 0 saturated heterocycles. The van der Waals surface area contributed by atoms with E-state index in [1.165, 1.54) is 0 Å². The Hall–Kier alpha value is -1.83. The molecule has 0 spiro atoms. The monoisotopic (exact) mass is 228 g/mol. The van der Waals surface area contributed by atoms with Crippen molar-refractivity contribution in [3.8, 4) is 5.75 Å². The van der Waals surface area contributed by atoms with E-state index in [-0.39, 0.29) is 0 Å². The van der Waals surface area contributed by atoms with Gasteiger partial charge in [-0.1, -0.05) is 37.6 Å². The van der Waals surface area contributed by atoms with Gasteiger partial charge in [0.2, 0.25) is 0 Å². The average Bonchev–Trinajstić information content (AvgIpc) is 2.38. The Balaban J connectivity index is 2.40. The maximum absolute atomic E-state index is 10.9. The highest BCUT2D eigenvalue weighted by molar-refractivity contribution is 5.93. The van der Waals surface area contributed by atoms with Gasteiger partial charge < -0.3 is 4.74 Å². The van der Waals surface area contributed by atoms with E-state index in [1.54, 1.807) is 0 Å². The molecule has 88 valence electrons. The number of ether oxygens (including phenoxy) is 1. The normalized spacial score (nSPS) is 10.4. The summed E-state index contributed by atoms with van der Waals surface area (Å²) < 4.78 is 5.74. The summed E-state index contributed by atoms with van der Waals surface area (Å²) >= 11 is 0. The molecule has 0 saturated carbocycles. The number of benzene rings is 2. The molecule has 2 nitrogen and oxygen atoms in total. The van der Waals surface area contributed by atoms with E-state index in [9.17, 15) is 4.79 Å². The summed E-state index contributed by atoms with van der Waals surface area (Å²) in [6.07, 6.45) is 2.99. The summed E-state index contributed by atoms with van der Waals surface area (Å²) in [6.45, 7) is 2.83. The molecule has 0 heterocycles. The van der Waals surface area contributed by atoms with Crippen molar-refractivity contribution in [1.82, 2.24) is 0 Å². The van der Waals surface area contributed by atoms with Crippen molar-refractivity contribution in [2.45, 2.75) is 19.8 Å². The van der Waals surface area contributed by atoms with Crippen molar-refractivity contribution in [2.24, 2.45) is 0 Å². The van der Waals surface area contributed by atoms with Gasteiger partial charge in [0.25, 0.3) is 0 Å². The van der Waals surface area contributed by atoms with E-state index < -0.39 is 0 Å². The third kappa shape index (κ3) is 2.64. The second kappa shape index (κ2) is 5.48. The minimum atomic E-state index is 0.662. The van der Waals surface area contributed by atoms with Crippen molar-refractivity contribution in [3.05, 3.63) is 42.0 Å². The van der Waals surface area contributed by atoms with Crippen molar-refractivity contribution in [3.63, 3.8) is 0 Å². The fourth-order valence-corrected chi connectivity index (χ4v) is 1.81. The van der Waals surface area contributed by atoms with Gasteiger partial charge >= 0.3 is 0 Å². The van der Waals surface area contributed by atoms with Crippen LogP contribution in [-0.4, -0.2) is 12.9 Å². The molecule has 2 rings (SSSR count). The number of rotatable bonds is 5. The molecule has 0 radical (unpaired) electrons. The Morgan fingerprint density at radius 2 is 2.06 bits per heavy atom. The molecule has 0 bridgehead atoms. The van der Waals surface area contributed by atoms with Crippen LogP contribution < -0.4 is 4.74 Å². The summed E-state index contributed by atoms with van der Waals surface area (Å²) in [5.74, 6) is 0.804. The van der Waals surface area contributed by atoms with Crippen molar-refractivity contribution >= 4 is 17.1 Å². The van der Waals surface area contributed by atoms with Crippen LogP contribution in [0.25, 0.3) is 10.8 Å². The minimum absolute atomic E-state index is 0.662. The van der Waals surface area contributed by atoms with Gasteiger partial charge in [-0.15, -0.1) is 0 Å². The smallest absolute Gasteiger partial charge is 0.150 e. The van der Waals surface area contributed by atoms with Gasteiger partial charge in [-0.05, 0) is 23.9 Å². The number of hydrogen-bond acceptors (Lipinski definition) is 2. The number of hydrogen-bond donors (Lipinski definition) is 0. The third-order valence-corrected chi connectivity index (χ3v) is 2.74. The lowest BCUT2D eigenvalue weighted by Crippen LogP contribution is -1.98. The highest BCUT2D eigenvalue weighted by Gasteiger charge is 2.04. The molecule has 0 N–H and O–H groups in total. The van der Waals surface area contributed by atoms with Crippen LogP contribution >= 0.6 is 0 Å². The van der Waals surface area contributed by atoms with Gasteiger partial charge in [-0.2, -0.15) is 0 Å². The van der Waals surface area contributed by atoms with Gasteiger partial charge in [0.15, 0.2) is 0 Å². The molecule has 0 atom stereocenters. The fraction of sp³-hybridized carbons (Fsp3) is 0.267. The first-order valence-electron chi connectivity index (χ1n) is 5.96. The summed E-state index contributed by atoms with van der Waals surface area (Å²) in [5.41, 5.74) is 0.662. The fourth-order valence-electron chi connectivity index (χ4n) is 1.81. The number of fused-ring (bicyclic) bond motifs is 1. The summed E-state index contributed by atoms with van der Waals surface area (Å²) in [4.78, 5) is 10.9. The first-order chi connectivity index (χ1) is 8.35. The Kier molecular flexibility index (Phi) is 3.76. The second-order valence-electron chi connectivity index (χ2n) is 4.06. The highest BCUT2D eigenvalue weighted by Crippen LogP contribution is 2.27. The number of unbranched alkanes of at least 4 members (excludes halogenated alkanes) is 1. The molecule has 0 aromatic heterocycles. The molecule has 0 aliphatic carbocycles. The Labute approximate surface area is 101 Å². The predicted molar refractivity (Wildman–Crippen MR) is 69.7 cm³/mol. The SMILES string of the molecule is CCCCOc1cc(C=O)cc2ccccc12. The molecule has 0 amide bonds. The van der Waals surface area contributed by atoms with Gasteiger partial charge in [0.05, 0.1) is 6.61 Å². The van der Waals surface area contributed by atoms with E-state index >= 15 is 0 Å². The highest BCUT2D eigenvalue weighted by atomic mass is 16.5. The lowest BCUT2D eigenvalue weighted by Gasteiger charge is -2.09. The molecule has 2 aromatic carbocycles. The van der Waals surface area contributed by atoms with Gasteiger partial charge in [0.1, 0.15) is 12.0 Å². The Morgan fingerprint density at radius 3 is 2.82 bits per heavy atom. The third-order valence-electron chi connectivity index (χ3n) is 2.74. The van der Waals surface area contributed by atoms with Crippen LogP contribution in [0, 0.1) is 0 Å². The maximum atomic E-state index is 10.9. The zero-order chi connectivity index (χ0) is 12.1. The van der Waals surface area contributed by atoms with E-state index in [0.29, 0.717) is 12.2 Å². The molecule has 0 fully saturated rings. The Bertz CT molecular complexity index is 517. The van der Waals surface area contributed by atoms with Crippen molar-refractivity contribution in [1.29, 1.82) is 0 Å². The number of aldehydes is 1. The molecular formula is C15H16O2. The minimum Gasteiger partial charge on any atom is -0.493 e. The zero-order valence-electron chi connectivity index (χ0n) is 9.98. The van der Waals surface area contributed by atoms with Crippen LogP contribution in [0.2, 0.25) is 0 Å². The predicted octanol–water partition coefficient (Wildman–Crippen LogP) is 3.83. The largest absolute Gasteiger partial charge is 0.493 e. The van der Waals surface area contributed by atoms with E-state index in [2.05, 4.69) is 6.92 Å². The zero-order valence-corrected chi connectivity index (χ0v) is 9.98. The van der Waals surface area contributed by atoms with Crippen molar-refractivity contribution < 1.29 is 9.53 Å². The Morgan fingerprint density at radius 1 is 1.24 bits per heavy atom. The van der Waals surface area contributed by atoms with Gasteiger partial charge in [-0.25, -0.2) is 0 Å². The molecule has 0 aliphatic heterocycles. The van der Waals surface area contributed by atoms with Gasteiger partial charge in [-0.3, -0.25) is 4.79 Å². The van der Waals surface area contributed by atoms with E-state index in [1.807, 2.05) is 36.4 Å². The van der Waals surface area contributed by atoms with E-state index in [4.69, 9.17) is 4.74 Å². The lowest BCUT2D eigenvalue weighted by atomic mass is 10.1. The van der Waals surface area contributed by atoms with Crippen LogP contribution in [0.3, 0.4) is 0 Å². The first kappa shape index (κ1) is 11.6. The summed E-state index contributed by atoms with van der Waals surface area (Å²) in [6, 6.07) is 11.7. The van der Waals surface area contributed by atoms with Crippen LogP contribution in [-0.2, 0) is 0 Å². The van der Waals surface area contributed by atoms with Gasteiger partial charge in [0, 0.05) is 10.9 Å². The first-order valence-corrected chi connectivity index (χ1v) is 5.96. The second-order valence-corrected chi connectivity index (χ2v) is 4.06. The van der Waals surface area contributed by atoms with Crippen LogP contribution in [0.4, 0.5) is 0 Å². The van der Waals surface area contributed by atoms with Crippen LogP contribution in [0.1, 0.15) is 30.1 Å². The van der Waals surface area contributed by atoms with Crippen LogP contribution in [0.15, 0.2) is 36.4 Å². The maximum Gasteiger partial charge on any atom is 0.150 e. The lowest BCUT2D eigenvalue weighted by molar-refractivity contribution is 0.112. The number of carbonyl (C=O) groups excluding carboxylic acids is 1. The van der Waals surface area contributed by atoms with Crippen LogP contribution in [0.5, 0.6) is 5.75 Å². The molecule has 0 aliphatic rings. The molecular weight excluding hydrogens is 212 g/mol. The summed E-state index contributed by atoms with van der Waals surface area (Å²) in [7, 11) is 0.